The highest BCUT2D eigenvalue weighted by atomic mass is 16.7. The smallest absolute Gasteiger partial charge is 0.322 e. The van der Waals surface area contributed by atoms with Crippen molar-refractivity contribution in [3.63, 3.8) is 0 Å². The SMILES string of the molecule is O=C1NC(=O)C(CCc2ccccc2)(C2CCN(C(=O)Cc3ccc4c(c3)OCO4)CC2)N1. The predicted octanol–water partition coefficient (Wildman–Crippen LogP) is 2.41. The second-order valence-electron chi connectivity index (χ2n) is 8.88. The molecule has 0 bridgehead atoms. The van der Waals surface area contributed by atoms with Gasteiger partial charge in [0.05, 0.1) is 6.42 Å². The Morgan fingerprint density at radius 3 is 2.48 bits per heavy atom. The molecule has 8 heteroatoms. The van der Waals surface area contributed by atoms with E-state index in [0.717, 1.165) is 11.1 Å². The first-order valence-electron chi connectivity index (χ1n) is 11.4. The van der Waals surface area contributed by atoms with Crippen molar-refractivity contribution in [1.29, 1.82) is 0 Å². The van der Waals surface area contributed by atoms with Crippen LogP contribution in [-0.4, -0.2) is 48.2 Å². The summed E-state index contributed by atoms with van der Waals surface area (Å²) in [6.45, 7) is 1.32. The third-order valence-electron chi connectivity index (χ3n) is 6.96. The lowest BCUT2D eigenvalue weighted by Crippen LogP contribution is -2.56. The van der Waals surface area contributed by atoms with Gasteiger partial charge in [0.25, 0.3) is 5.91 Å². The number of hydrogen-bond acceptors (Lipinski definition) is 5. The van der Waals surface area contributed by atoms with Gasteiger partial charge in [-0.3, -0.25) is 14.9 Å². The minimum atomic E-state index is -0.931. The van der Waals surface area contributed by atoms with Crippen LogP contribution in [0.4, 0.5) is 4.79 Å². The number of ether oxygens (including phenoxy) is 2. The highest BCUT2D eigenvalue weighted by Crippen LogP contribution is 2.35. The van der Waals surface area contributed by atoms with Crippen molar-refractivity contribution in [2.45, 2.75) is 37.6 Å². The van der Waals surface area contributed by atoms with Gasteiger partial charge in [-0.1, -0.05) is 36.4 Å². The average molecular weight is 450 g/mol. The van der Waals surface area contributed by atoms with E-state index in [1.54, 1.807) is 0 Å². The van der Waals surface area contributed by atoms with Crippen molar-refractivity contribution in [3.8, 4) is 11.5 Å². The van der Waals surface area contributed by atoms with Crippen molar-refractivity contribution in [2.75, 3.05) is 19.9 Å². The number of fused-ring (bicyclic) bond motifs is 1. The summed E-state index contributed by atoms with van der Waals surface area (Å²) < 4.78 is 10.7. The lowest BCUT2D eigenvalue weighted by molar-refractivity contribution is -0.133. The molecule has 172 valence electrons. The van der Waals surface area contributed by atoms with E-state index in [0.29, 0.717) is 50.3 Å². The van der Waals surface area contributed by atoms with E-state index in [4.69, 9.17) is 9.47 Å². The number of hydrogen-bond donors (Lipinski definition) is 2. The summed E-state index contributed by atoms with van der Waals surface area (Å²) in [7, 11) is 0. The summed E-state index contributed by atoms with van der Waals surface area (Å²) in [5.41, 5.74) is 1.08. The van der Waals surface area contributed by atoms with Crippen LogP contribution in [0.25, 0.3) is 0 Å². The number of carbonyl (C=O) groups excluding carboxylic acids is 3. The molecule has 1 unspecified atom stereocenters. The maximum Gasteiger partial charge on any atom is 0.322 e. The summed E-state index contributed by atoms with van der Waals surface area (Å²) in [4.78, 5) is 39.7. The Bertz CT molecular complexity index is 1060. The van der Waals surface area contributed by atoms with E-state index in [1.807, 2.05) is 53.4 Å². The van der Waals surface area contributed by atoms with Crippen LogP contribution >= 0.6 is 0 Å². The van der Waals surface area contributed by atoms with E-state index in [2.05, 4.69) is 10.6 Å². The van der Waals surface area contributed by atoms with Gasteiger partial charge in [0.15, 0.2) is 11.5 Å². The maximum absolute atomic E-state index is 12.9. The van der Waals surface area contributed by atoms with Crippen LogP contribution in [0.15, 0.2) is 48.5 Å². The Labute approximate surface area is 192 Å². The number of nitrogens with zero attached hydrogens (tertiary/aromatic N) is 1. The normalized spacial score (nSPS) is 22.2. The first-order valence-corrected chi connectivity index (χ1v) is 11.4. The molecule has 2 N–H and O–H groups in total. The van der Waals surface area contributed by atoms with Gasteiger partial charge in [0.2, 0.25) is 12.7 Å². The molecular formula is C25H27N3O5. The van der Waals surface area contributed by atoms with Gasteiger partial charge < -0.3 is 19.7 Å². The van der Waals surface area contributed by atoms with E-state index < -0.39 is 11.6 Å². The molecule has 0 aromatic heterocycles. The summed E-state index contributed by atoms with van der Waals surface area (Å²) in [5.74, 6) is 1.13. The number of urea groups is 1. The second-order valence-corrected chi connectivity index (χ2v) is 8.88. The molecule has 0 radical (unpaired) electrons. The lowest BCUT2D eigenvalue weighted by Gasteiger charge is -2.40. The third kappa shape index (κ3) is 4.25. The van der Waals surface area contributed by atoms with Crippen molar-refractivity contribution in [2.24, 2.45) is 5.92 Å². The van der Waals surface area contributed by atoms with Crippen LogP contribution in [-0.2, 0) is 22.4 Å². The van der Waals surface area contributed by atoms with Crippen molar-refractivity contribution in [1.82, 2.24) is 15.5 Å². The number of aryl methyl sites for hydroxylation is 1. The highest BCUT2D eigenvalue weighted by molar-refractivity contribution is 6.07. The topological polar surface area (TPSA) is 97.0 Å². The fourth-order valence-corrected chi connectivity index (χ4v) is 5.12. The van der Waals surface area contributed by atoms with Gasteiger partial charge in [-0.15, -0.1) is 0 Å². The quantitative estimate of drug-likeness (QED) is 0.661. The van der Waals surface area contributed by atoms with Crippen LogP contribution in [0.2, 0.25) is 0 Å². The summed E-state index contributed by atoms with van der Waals surface area (Å²) in [5, 5.41) is 5.37. The van der Waals surface area contributed by atoms with Crippen molar-refractivity contribution >= 4 is 17.8 Å². The van der Waals surface area contributed by atoms with E-state index in [1.165, 1.54) is 0 Å². The fourth-order valence-electron chi connectivity index (χ4n) is 5.12. The van der Waals surface area contributed by atoms with Crippen LogP contribution in [0, 0.1) is 5.92 Å². The maximum atomic E-state index is 12.9. The zero-order valence-electron chi connectivity index (χ0n) is 18.3. The molecule has 2 aromatic rings. The number of imide groups is 1. The number of likely N-dealkylation sites (tertiary alicyclic amines) is 1. The van der Waals surface area contributed by atoms with Crippen LogP contribution in [0.3, 0.4) is 0 Å². The zero-order valence-corrected chi connectivity index (χ0v) is 18.3. The monoisotopic (exact) mass is 449 g/mol. The van der Waals surface area contributed by atoms with Gasteiger partial charge in [0.1, 0.15) is 5.54 Å². The molecule has 0 spiro atoms. The highest BCUT2D eigenvalue weighted by Gasteiger charge is 2.51. The second kappa shape index (κ2) is 8.77. The Balaban J connectivity index is 1.22. The molecule has 8 nitrogen and oxygen atoms in total. The fraction of sp³-hybridized carbons (Fsp3) is 0.400. The van der Waals surface area contributed by atoms with Gasteiger partial charge in [0, 0.05) is 13.1 Å². The Morgan fingerprint density at radius 2 is 1.76 bits per heavy atom. The Morgan fingerprint density at radius 1 is 1.00 bits per heavy atom. The molecule has 2 saturated heterocycles. The number of nitrogens with one attached hydrogen (secondary N) is 2. The summed E-state index contributed by atoms with van der Waals surface area (Å²) >= 11 is 0. The Hall–Kier alpha value is -3.55. The minimum Gasteiger partial charge on any atom is -0.454 e. The predicted molar refractivity (Wildman–Crippen MR) is 120 cm³/mol. The van der Waals surface area contributed by atoms with Gasteiger partial charge in [-0.05, 0) is 54.9 Å². The van der Waals surface area contributed by atoms with E-state index >= 15 is 0 Å². The molecule has 0 aliphatic carbocycles. The summed E-state index contributed by atoms with van der Waals surface area (Å²) in [6, 6.07) is 15.1. The lowest BCUT2D eigenvalue weighted by atomic mass is 9.74. The van der Waals surface area contributed by atoms with Crippen LogP contribution in [0.5, 0.6) is 11.5 Å². The molecule has 3 aliphatic heterocycles. The third-order valence-corrected chi connectivity index (χ3v) is 6.96. The van der Waals surface area contributed by atoms with Crippen LogP contribution in [0.1, 0.15) is 30.4 Å². The molecule has 3 aliphatic rings. The average Bonchev–Trinajstić information content (AvgIpc) is 3.42. The number of piperidine rings is 1. The molecule has 5 rings (SSSR count). The first kappa shape index (κ1) is 21.3. The molecule has 0 saturated carbocycles. The van der Waals surface area contributed by atoms with Crippen LogP contribution < -0.4 is 20.1 Å². The summed E-state index contributed by atoms with van der Waals surface area (Å²) in [6.07, 6.45) is 2.84. The number of benzene rings is 2. The van der Waals surface area contributed by atoms with Gasteiger partial charge >= 0.3 is 6.03 Å². The minimum absolute atomic E-state index is 0.0257. The molecule has 1 atom stereocenters. The first-order chi connectivity index (χ1) is 16.0. The zero-order chi connectivity index (χ0) is 22.8. The Kier molecular flexibility index (Phi) is 5.66. The van der Waals surface area contributed by atoms with E-state index in [9.17, 15) is 14.4 Å². The molecule has 3 heterocycles. The van der Waals surface area contributed by atoms with Crippen molar-refractivity contribution in [3.05, 3.63) is 59.7 Å². The molecular weight excluding hydrogens is 422 g/mol. The molecule has 2 aromatic carbocycles. The standard InChI is InChI=1S/C25H27N3O5/c29-22(15-18-6-7-20-21(14-18)33-16-32-20)28-12-9-19(10-13-28)25(23(30)26-24(31)27-25)11-8-17-4-2-1-3-5-17/h1-7,14,19H,8-13,15-16H2,(H2,26,27,30,31). The van der Waals surface area contributed by atoms with Gasteiger partial charge in [-0.25, -0.2) is 4.79 Å². The molecule has 4 amide bonds. The van der Waals surface area contributed by atoms with E-state index in [-0.39, 0.29) is 30.9 Å². The number of carbonyl (C=O) groups is 3. The largest absolute Gasteiger partial charge is 0.454 e. The number of rotatable bonds is 6. The molecule has 33 heavy (non-hydrogen) atoms. The van der Waals surface area contributed by atoms with Gasteiger partial charge in [-0.2, -0.15) is 0 Å². The van der Waals surface area contributed by atoms with Crippen molar-refractivity contribution < 1.29 is 23.9 Å². The molecule has 2 fully saturated rings. The number of amides is 4.